The minimum absolute atomic E-state index is 0.357. The highest BCUT2D eigenvalue weighted by Crippen LogP contribution is 2.00. The van der Waals surface area contributed by atoms with E-state index in [9.17, 15) is 5.11 Å². The second-order valence-electron chi connectivity index (χ2n) is 3.74. The Morgan fingerprint density at radius 2 is 2.47 bits per heavy atom. The molecule has 0 amide bonds. The topological polar surface area (TPSA) is 78.2 Å². The zero-order valence-electron chi connectivity index (χ0n) is 9.89. The number of aliphatic hydroxyl groups excluding tert-OH is 1. The molecule has 1 aromatic rings. The molecule has 0 saturated heterocycles. The molecular formula is C12H17N3O2. The Bertz CT molecular complexity index is 376. The molecule has 0 aliphatic rings. The van der Waals surface area contributed by atoms with Crippen LogP contribution in [0.25, 0.3) is 0 Å². The van der Waals surface area contributed by atoms with Crippen molar-refractivity contribution in [2.45, 2.75) is 19.1 Å². The van der Waals surface area contributed by atoms with Gasteiger partial charge in [0.1, 0.15) is 11.8 Å². The van der Waals surface area contributed by atoms with E-state index in [-0.39, 0.29) is 0 Å². The molecule has 1 atom stereocenters. The molecule has 2 N–H and O–H groups in total. The molecule has 5 nitrogen and oxygen atoms in total. The number of hydrogen-bond donors (Lipinski definition) is 2. The Labute approximate surface area is 101 Å². The summed E-state index contributed by atoms with van der Waals surface area (Å²) in [5.74, 6) is 0. The summed E-state index contributed by atoms with van der Waals surface area (Å²) in [4.78, 5) is 3.89. The van der Waals surface area contributed by atoms with Crippen molar-refractivity contribution in [3.63, 3.8) is 0 Å². The average Bonchev–Trinajstić information content (AvgIpc) is 2.35. The average molecular weight is 235 g/mol. The fourth-order valence-electron chi connectivity index (χ4n) is 1.42. The van der Waals surface area contributed by atoms with Crippen molar-refractivity contribution in [3.8, 4) is 6.07 Å². The number of ether oxygens (including phenoxy) is 1. The molecule has 0 bridgehead atoms. The first-order chi connectivity index (χ1) is 8.26. The van der Waals surface area contributed by atoms with Crippen molar-refractivity contribution >= 4 is 0 Å². The SMILES string of the molecule is COCC(O)CCNCc1ccnc(C#N)c1. The smallest absolute Gasteiger partial charge is 0.140 e. The van der Waals surface area contributed by atoms with Gasteiger partial charge in [-0.15, -0.1) is 0 Å². The molecule has 0 saturated carbocycles. The minimum Gasteiger partial charge on any atom is -0.391 e. The molecule has 0 aromatic carbocycles. The third kappa shape index (κ3) is 5.41. The van der Waals surface area contributed by atoms with Gasteiger partial charge in [-0.1, -0.05) is 0 Å². The lowest BCUT2D eigenvalue weighted by atomic mass is 10.2. The Balaban J connectivity index is 2.24. The van der Waals surface area contributed by atoms with Crippen molar-refractivity contribution in [1.29, 1.82) is 5.26 Å². The first kappa shape index (κ1) is 13.6. The van der Waals surface area contributed by atoms with Gasteiger partial charge in [0.2, 0.25) is 0 Å². The Morgan fingerprint density at radius 3 is 3.18 bits per heavy atom. The van der Waals surface area contributed by atoms with Crippen LogP contribution >= 0.6 is 0 Å². The van der Waals surface area contributed by atoms with Crippen LogP contribution in [0.2, 0.25) is 0 Å². The molecule has 92 valence electrons. The van der Waals surface area contributed by atoms with Crippen LogP contribution in [0.15, 0.2) is 18.3 Å². The van der Waals surface area contributed by atoms with Crippen LogP contribution in [0.5, 0.6) is 0 Å². The zero-order chi connectivity index (χ0) is 12.5. The summed E-state index contributed by atoms with van der Waals surface area (Å²) in [6, 6.07) is 5.61. The second kappa shape index (κ2) is 7.74. The van der Waals surface area contributed by atoms with Gasteiger partial charge in [-0.25, -0.2) is 4.98 Å². The zero-order valence-corrected chi connectivity index (χ0v) is 9.89. The first-order valence-electron chi connectivity index (χ1n) is 5.49. The van der Waals surface area contributed by atoms with Gasteiger partial charge in [-0.2, -0.15) is 5.26 Å². The van der Waals surface area contributed by atoms with Crippen LogP contribution < -0.4 is 5.32 Å². The number of hydrogen-bond acceptors (Lipinski definition) is 5. The largest absolute Gasteiger partial charge is 0.391 e. The molecule has 1 aromatic heterocycles. The summed E-state index contributed by atoms with van der Waals surface area (Å²) in [6.07, 6.45) is 1.83. The summed E-state index contributed by atoms with van der Waals surface area (Å²) in [5.41, 5.74) is 1.43. The van der Waals surface area contributed by atoms with Crippen molar-refractivity contribution in [3.05, 3.63) is 29.6 Å². The van der Waals surface area contributed by atoms with E-state index >= 15 is 0 Å². The van der Waals surface area contributed by atoms with Crippen LogP contribution in [-0.2, 0) is 11.3 Å². The van der Waals surface area contributed by atoms with Crippen molar-refractivity contribution < 1.29 is 9.84 Å². The maximum atomic E-state index is 9.41. The number of rotatable bonds is 7. The van der Waals surface area contributed by atoms with Gasteiger partial charge in [0, 0.05) is 19.9 Å². The van der Waals surface area contributed by atoms with Gasteiger partial charge < -0.3 is 15.2 Å². The molecule has 0 aliphatic carbocycles. The van der Waals surface area contributed by atoms with E-state index in [0.717, 1.165) is 5.56 Å². The van der Waals surface area contributed by atoms with Crippen molar-refractivity contribution in [2.24, 2.45) is 0 Å². The predicted molar refractivity (Wildman–Crippen MR) is 63.2 cm³/mol. The molecule has 0 spiro atoms. The Kier molecular flexibility index (Phi) is 6.18. The highest BCUT2D eigenvalue weighted by molar-refractivity contribution is 5.25. The van der Waals surface area contributed by atoms with Gasteiger partial charge in [0.05, 0.1) is 12.7 Å². The number of nitrogens with one attached hydrogen (secondary N) is 1. The molecule has 0 radical (unpaired) electrons. The van der Waals surface area contributed by atoms with Gasteiger partial charge in [0.15, 0.2) is 0 Å². The number of nitrogens with zero attached hydrogens (tertiary/aromatic N) is 2. The standard InChI is InChI=1S/C12H17N3O2/c1-17-9-12(16)3-4-14-8-10-2-5-15-11(6-10)7-13/h2,5-6,12,14,16H,3-4,8-9H2,1H3. The Morgan fingerprint density at radius 1 is 1.65 bits per heavy atom. The van der Waals surface area contributed by atoms with Gasteiger partial charge >= 0.3 is 0 Å². The van der Waals surface area contributed by atoms with E-state index in [2.05, 4.69) is 10.3 Å². The minimum atomic E-state index is -0.431. The summed E-state index contributed by atoms with van der Waals surface area (Å²) >= 11 is 0. The van der Waals surface area contributed by atoms with Crippen LogP contribution in [0.3, 0.4) is 0 Å². The van der Waals surface area contributed by atoms with Crippen LogP contribution in [0.4, 0.5) is 0 Å². The maximum absolute atomic E-state index is 9.41. The molecule has 17 heavy (non-hydrogen) atoms. The van der Waals surface area contributed by atoms with E-state index in [0.29, 0.717) is 31.8 Å². The van der Waals surface area contributed by atoms with Gasteiger partial charge in [-0.05, 0) is 30.7 Å². The first-order valence-corrected chi connectivity index (χ1v) is 5.49. The van der Waals surface area contributed by atoms with E-state index in [4.69, 9.17) is 10.00 Å². The fraction of sp³-hybridized carbons (Fsp3) is 0.500. The molecule has 0 aliphatic heterocycles. The highest BCUT2D eigenvalue weighted by atomic mass is 16.5. The van der Waals surface area contributed by atoms with Crippen LogP contribution in [0, 0.1) is 11.3 Å². The molecule has 5 heteroatoms. The van der Waals surface area contributed by atoms with Crippen LogP contribution in [0.1, 0.15) is 17.7 Å². The molecule has 1 rings (SSSR count). The van der Waals surface area contributed by atoms with Gasteiger partial charge in [-0.3, -0.25) is 0 Å². The third-order valence-corrected chi connectivity index (χ3v) is 2.28. The number of aromatic nitrogens is 1. The quantitative estimate of drug-likeness (QED) is 0.670. The third-order valence-electron chi connectivity index (χ3n) is 2.28. The fourth-order valence-corrected chi connectivity index (χ4v) is 1.42. The second-order valence-corrected chi connectivity index (χ2v) is 3.74. The lowest BCUT2D eigenvalue weighted by Crippen LogP contribution is -2.23. The van der Waals surface area contributed by atoms with Crippen molar-refractivity contribution in [1.82, 2.24) is 10.3 Å². The summed E-state index contributed by atoms with van der Waals surface area (Å²) in [6.45, 7) is 1.72. The molecule has 0 fully saturated rings. The van der Waals surface area contributed by atoms with Crippen LogP contribution in [-0.4, -0.2) is 36.5 Å². The number of pyridine rings is 1. The maximum Gasteiger partial charge on any atom is 0.140 e. The number of nitriles is 1. The number of methoxy groups -OCH3 is 1. The molecule has 1 heterocycles. The Hall–Kier alpha value is -1.48. The summed E-state index contributed by atoms with van der Waals surface area (Å²) < 4.78 is 4.83. The summed E-state index contributed by atoms with van der Waals surface area (Å²) in [7, 11) is 1.57. The molecule has 1 unspecified atom stereocenters. The van der Waals surface area contributed by atoms with Crippen molar-refractivity contribution in [2.75, 3.05) is 20.3 Å². The number of aliphatic hydroxyl groups is 1. The van der Waals surface area contributed by atoms with Gasteiger partial charge in [0.25, 0.3) is 0 Å². The van der Waals surface area contributed by atoms with E-state index < -0.39 is 6.10 Å². The predicted octanol–water partition coefficient (Wildman–Crippen LogP) is 0.440. The lowest BCUT2D eigenvalue weighted by molar-refractivity contribution is 0.0594. The lowest BCUT2D eigenvalue weighted by Gasteiger charge is -2.10. The highest BCUT2D eigenvalue weighted by Gasteiger charge is 2.02. The monoisotopic (exact) mass is 235 g/mol. The summed E-state index contributed by atoms with van der Waals surface area (Å²) in [5, 5.41) is 21.3. The normalized spacial score (nSPS) is 12.1. The van der Waals surface area contributed by atoms with E-state index in [1.165, 1.54) is 0 Å². The molecular weight excluding hydrogens is 218 g/mol. The van der Waals surface area contributed by atoms with E-state index in [1.807, 2.05) is 12.1 Å². The van der Waals surface area contributed by atoms with E-state index in [1.54, 1.807) is 19.4 Å².